The topological polar surface area (TPSA) is 78.8 Å². The van der Waals surface area contributed by atoms with Crippen LogP contribution in [0.4, 0.5) is 0 Å². The maximum absolute atomic E-state index is 10.3. The number of aliphatic hydroxyl groups excluding tert-OH is 1. The zero-order valence-electron chi connectivity index (χ0n) is 11.1. The zero-order chi connectivity index (χ0) is 14.1. The standard InChI is InChI=1S/C14H21NO4/c1-11-5-2-3-6-13(11)19-10-12(16)9-15-8-4-7-14(17)18/h2-3,5-6,12,15-16H,4,7-10H2,1H3,(H,17,18). The highest BCUT2D eigenvalue weighted by Gasteiger charge is 2.06. The molecule has 0 aliphatic heterocycles. The molecule has 0 radical (unpaired) electrons. The van der Waals surface area contributed by atoms with Crippen LogP contribution < -0.4 is 10.1 Å². The highest BCUT2D eigenvalue weighted by molar-refractivity contribution is 5.66. The molecule has 3 N–H and O–H groups in total. The average Bonchev–Trinajstić information content (AvgIpc) is 2.37. The van der Waals surface area contributed by atoms with Gasteiger partial charge in [-0.15, -0.1) is 0 Å². The number of aliphatic hydroxyl groups is 1. The van der Waals surface area contributed by atoms with Crippen LogP contribution in [-0.4, -0.2) is 42.0 Å². The Balaban J connectivity index is 2.13. The van der Waals surface area contributed by atoms with Gasteiger partial charge in [0.1, 0.15) is 18.5 Å². The van der Waals surface area contributed by atoms with Gasteiger partial charge in [-0.05, 0) is 31.5 Å². The summed E-state index contributed by atoms with van der Waals surface area (Å²) in [5.74, 6) is -0.0299. The van der Waals surface area contributed by atoms with Crippen molar-refractivity contribution in [2.75, 3.05) is 19.7 Å². The Hall–Kier alpha value is -1.59. The second-order valence-corrected chi connectivity index (χ2v) is 4.43. The van der Waals surface area contributed by atoms with Gasteiger partial charge < -0.3 is 20.3 Å². The van der Waals surface area contributed by atoms with Crippen LogP contribution in [0, 0.1) is 6.92 Å². The van der Waals surface area contributed by atoms with Crippen LogP contribution >= 0.6 is 0 Å². The van der Waals surface area contributed by atoms with Gasteiger partial charge in [0.15, 0.2) is 0 Å². The summed E-state index contributed by atoms with van der Waals surface area (Å²) in [6, 6.07) is 7.63. The summed E-state index contributed by atoms with van der Waals surface area (Å²) in [4.78, 5) is 10.3. The number of aryl methyl sites for hydroxylation is 1. The minimum Gasteiger partial charge on any atom is -0.491 e. The van der Waals surface area contributed by atoms with Crippen LogP contribution in [0.2, 0.25) is 0 Å². The average molecular weight is 267 g/mol. The van der Waals surface area contributed by atoms with Crippen molar-refractivity contribution in [3.05, 3.63) is 29.8 Å². The van der Waals surface area contributed by atoms with E-state index in [-0.39, 0.29) is 13.0 Å². The minimum absolute atomic E-state index is 0.142. The lowest BCUT2D eigenvalue weighted by Gasteiger charge is -2.14. The molecule has 0 aliphatic rings. The molecule has 0 saturated carbocycles. The van der Waals surface area contributed by atoms with Gasteiger partial charge in [0.05, 0.1) is 0 Å². The van der Waals surface area contributed by atoms with Crippen molar-refractivity contribution in [3.8, 4) is 5.75 Å². The number of rotatable bonds is 9. The van der Waals surface area contributed by atoms with E-state index in [1.165, 1.54) is 0 Å². The van der Waals surface area contributed by atoms with Crippen molar-refractivity contribution in [1.82, 2.24) is 5.32 Å². The number of carboxylic acid groups (broad SMARTS) is 1. The first-order chi connectivity index (χ1) is 9.09. The smallest absolute Gasteiger partial charge is 0.303 e. The first-order valence-electron chi connectivity index (χ1n) is 6.38. The molecular formula is C14H21NO4. The molecule has 5 heteroatoms. The molecule has 0 amide bonds. The summed E-state index contributed by atoms with van der Waals surface area (Å²) < 4.78 is 5.51. The number of carboxylic acids is 1. The molecule has 0 spiro atoms. The maximum Gasteiger partial charge on any atom is 0.303 e. The predicted octanol–water partition coefficient (Wildman–Crippen LogP) is 1.19. The lowest BCUT2D eigenvalue weighted by molar-refractivity contribution is -0.137. The fourth-order valence-electron chi connectivity index (χ4n) is 1.60. The summed E-state index contributed by atoms with van der Waals surface area (Å²) >= 11 is 0. The summed E-state index contributed by atoms with van der Waals surface area (Å²) in [7, 11) is 0. The molecule has 0 bridgehead atoms. The molecule has 1 atom stereocenters. The molecule has 0 fully saturated rings. The first-order valence-corrected chi connectivity index (χ1v) is 6.38. The molecule has 1 aromatic carbocycles. The van der Waals surface area contributed by atoms with Gasteiger partial charge in [-0.1, -0.05) is 18.2 Å². The fourth-order valence-corrected chi connectivity index (χ4v) is 1.60. The summed E-state index contributed by atoms with van der Waals surface area (Å²) in [5.41, 5.74) is 1.03. The van der Waals surface area contributed by atoms with Gasteiger partial charge in [-0.25, -0.2) is 0 Å². The van der Waals surface area contributed by atoms with Crippen molar-refractivity contribution in [3.63, 3.8) is 0 Å². The van der Waals surface area contributed by atoms with Crippen LogP contribution in [0.15, 0.2) is 24.3 Å². The van der Waals surface area contributed by atoms with Gasteiger partial charge in [-0.2, -0.15) is 0 Å². The number of ether oxygens (including phenoxy) is 1. The van der Waals surface area contributed by atoms with E-state index in [0.717, 1.165) is 11.3 Å². The Bertz CT molecular complexity index is 395. The molecule has 106 valence electrons. The Morgan fingerprint density at radius 3 is 2.84 bits per heavy atom. The molecular weight excluding hydrogens is 246 g/mol. The Morgan fingerprint density at radius 2 is 2.16 bits per heavy atom. The van der Waals surface area contributed by atoms with Crippen LogP contribution in [0.25, 0.3) is 0 Å². The van der Waals surface area contributed by atoms with Crippen LogP contribution in [0.5, 0.6) is 5.75 Å². The number of nitrogens with one attached hydrogen (secondary N) is 1. The van der Waals surface area contributed by atoms with Gasteiger partial charge >= 0.3 is 5.97 Å². The zero-order valence-corrected chi connectivity index (χ0v) is 11.1. The molecule has 0 aromatic heterocycles. The second kappa shape index (κ2) is 8.50. The largest absolute Gasteiger partial charge is 0.491 e. The molecule has 19 heavy (non-hydrogen) atoms. The van der Waals surface area contributed by atoms with Gasteiger partial charge in [0, 0.05) is 13.0 Å². The number of carbonyl (C=O) groups is 1. The van der Waals surface area contributed by atoms with Gasteiger partial charge in [0.2, 0.25) is 0 Å². The third-order valence-electron chi connectivity index (χ3n) is 2.65. The van der Waals surface area contributed by atoms with E-state index in [4.69, 9.17) is 9.84 Å². The van der Waals surface area contributed by atoms with Crippen LogP contribution in [0.3, 0.4) is 0 Å². The number of benzene rings is 1. The predicted molar refractivity (Wildman–Crippen MR) is 72.4 cm³/mol. The van der Waals surface area contributed by atoms with E-state index in [9.17, 15) is 9.90 Å². The third kappa shape index (κ3) is 6.79. The maximum atomic E-state index is 10.3. The molecule has 1 rings (SSSR count). The third-order valence-corrected chi connectivity index (χ3v) is 2.65. The normalized spacial score (nSPS) is 12.1. The molecule has 0 saturated heterocycles. The van der Waals surface area contributed by atoms with Gasteiger partial charge in [-0.3, -0.25) is 4.79 Å². The van der Waals surface area contributed by atoms with E-state index in [2.05, 4.69) is 5.32 Å². The Morgan fingerprint density at radius 1 is 1.42 bits per heavy atom. The number of hydrogen-bond donors (Lipinski definition) is 3. The van der Waals surface area contributed by atoms with Crippen LogP contribution in [-0.2, 0) is 4.79 Å². The quantitative estimate of drug-likeness (QED) is 0.586. The van der Waals surface area contributed by atoms with E-state index < -0.39 is 12.1 Å². The second-order valence-electron chi connectivity index (χ2n) is 4.43. The lowest BCUT2D eigenvalue weighted by Crippen LogP contribution is -2.32. The van der Waals surface area contributed by atoms with E-state index in [1.807, 2.05) is 31.2 Å². The number of hydrogen-bond acceptors (Lipinski definition) is 4. The van der Waals surface area contributed by atoms with E-state index in [0.29, 0.717) is 19.5 Å². The number of aliphatic carboxylic acids is 1. The van der Waals surface area contributed by atoms with E-state index in [1.54, 1.807) is 0 Å². The van der Waals surface area contributed by atoms with Crippen LogP contribution in [0.1, 0.15) is 18.4 Å². The van der Waals surface area contributed by atoms with Crippen molar-refractivity contribution in [2.45, 2.75) is 25.9 Å². The van der Waals surface area contributed by atoms with E-state index >= 15 is 0 Å². The molecule has 0 heterocycles. The minimum atomic E-state index is -0.801. The number of para-hydroxylation sites is 1. The first kappa shape index (κ1) is 15.5. The van der Waals surface area contributed by atoms with Crippen molar-refractivity contribution in [1.29, 1.82) is 0 Å². The highest BCUT2D eigenvalue weighted by atomic mass is 16.5. The monoisotopic (exact) mass is 267 g/mol. The van der Waals surface area contributed by atoms with Gasteiger partial charge in [0.25, 0.3) is 0 Å². The van der Waals surface area contributed by atoms with Crippen molar-refractivity contribution < 1.29 is 19.7 Å². The molecule has 5 nitrogen and oxygen atoms in total. The summed E-state index contributed by atoms with van der Waals surface area (Å²) in [5, 5.41) is 21.2. The Kier molecular flexibility index (Phi) is 6.92. The molecule has 1 aromatic rings. The van der Waals surface area contributed by atoms with Crippen molar-refractivity contribution in [2.24, 2.45) is 0 Å². The molecule has 0 aliphatic carbocycles. The summed E-state index contributed by atoms with van der Waals surface area (Å²) in [6.07, 6.45) is 0.0909. The lowest BCUT2D eigenvalue weighted by atomic mass is 10.2. The Labute approximate surface area is 113 Å². The summed E-state index contributed by atoms with van der Waals surface area (Å²) in [6.45, 7) is 3.14. The molecule has 1 unspecified atom stereocenters. The van der Waals surface area contributed by atoms with Crippen molar-refractivity contribution >= 4 is 5.97 Å². The fraction of sp³-hybridized carbons (Fsp3) is 0.500. The SMILES string of the molecule is Cc1ccccc1OCC(O)CNCCCC(=O)O. The highest BCUT2D eigenvalue weighted by Crippen LogP contribution is 2.16.